The first-order valence-corrected chi connectivity index (χ1v) is 6.48. The lowest BCUT2D eigenvalue weighted by Gasteiger charge is -2.33. The van der Waals surface area contributed by atoms with E-state index < -0.39 is 0 Å². The van der Waals surface area contributed by atoms with Gasteiger partial charge in [0.25, 0.3) is 0 Å². The zero-order valence-corrected chi connectivity index (χ0v) is 10.8. The van der Waals surface area contributed by atoms with E-state index in [2.05, 4.69) is 4.90 Å². The molecule has 0 aliphatic carbocycles. The smallest absolute Gasteiger partial charge is 0.310 e. The molecule has 0 spiro atoms. The number of hydrogen-bond donors (Lipinski definition) is 1. The predicted molar refractivity (Wildman–Crippen MR) is 72.4 cm³/mol. The molecule has 4 heteroatoms. The number of anilines is 2. The Morgan fingerprint density at radius 3 is 2.83 bits per heavy atom. The molecule has 98 valence electrons. The number of nitrogen functional groups attached to an aromatic ring is 1. The molecule has 1 aliphatic heterocycles. The highest BCUT2D eigenvalue weighted by atomic mass is 16.5. The number of ether oxygens (including phenoxy) is 1. The van der Waals surface area contributed by atoms with Crippen LogP contribution in [0.2, 0.25) is 0 Å². The summed E-state index contributed by atoms with van der Waals surface area (Å²) in [6.07, 6.45) is 1.94. The van der Waals surface area contributed by atoms with E-state index in [1.807, 2.05) is 31.2 Å². The van der Waals surface area contributed by atoms with E-state index in [-0.39, 0.29) is 11.9 Å². The molecule has 0 saturated carbocycles. The van der Waals surface area contributed by atoms with Gasteiger partial charge in [0.05, 0.1) is 12.5 Å². The van der Waals surface area contributed by atoms with Gasteiger partial charge in [0.1, 0.15) is 0 Å². The second kappa shape index (κ2) is 5.76. The lowest BCUT2D eigenvalue weighted by atomic mass is 9.97. The van der Waals surface area contributed by atoms with Crippen molar-refractivity contribution in [3.8, 4) is 0 Å². The van der Waals surface area contributed by atoms with Gasteiger partial charge in [0.15, 0.2) is 0 Å². The lowest BCUT2D eigenvalue weighted by Crippen LogP contribution is -2.39. The van der Waals surface area contributed by atoms with E-state index in [0.717, 1.165) is 37.3 Å². The number of rotatable bonds is 3. The molecular weight excluding hydrogens is 228 g/mol. The minimum atomic E-state index is -0.0716. The van der Waals surface area contributed by atoms with Gasteiger partial charge in [-0.05, 0) is 44.0 Å². The van der Waals surface area contributed by atoms with Crippen LogP contribution in [-0.4, -0.2) is 25.7 Å². The van der Waals surface area contributed by atoms with Crippen LogP contribution in [0.4, 0.5) is 11.4 Å². The topological polar surface area (TPSA) is 55.6 Å². The quantitative estimate of drug-likeness (QED) is 0.657. The molecule has 0 radical (unpaired) electrons. The molecule has 0 aromatic heterocycles. The zero-order valence-electron chi connectivity index (χ0n) is 10.8. The molecule has 2 rings (SSSR count). The number of carbonyl (C=O) groups excluding carboxylic acids is 1. The Hall–Kier alpha value is -1.71. The van der Waals surface area contributed by atoms with E-state index in [0.29, 0.717) is 6.61 Å². The maximum absolute atomic E-state index is 11.8. The van der Waals surface area contributed by atoms with E-state index in [1.54, 1.807) is 0 Å². The molecule has 0 unspecified atom stereocenters. The highest BCUT2D eigenvalue weighted by molar-refractivity contribution is 5.73. The van der Waals surface area contributed by atoms with Gasteiger partial charge in [-0.25, -0.2) is 0 Å². The Labute approximate surface area is 108 Å². The maximum atomic E-state index is 11.8. The van der Waals surface area contributed by atoms with E-state index in [9.17, 15) is 4.79 Å². The first kappa shape index (κ1) is 12.7. The number of nitrogens with zero attached hydrogens (tertiary/aromatic N) is 1. The summed E-state index contributed by atoms with van der Waals surface area (Å²) in [5, 5.41) is 0. The third-order valence-corrected chi connectivity index (χ3v) is 3.30. The average molecular weight is 248 g/mol. The van der Waals surface area contributed by atoms with Crippen LogP contribution in [0.1, 0.15) is 19.8 Å². The number of esters is 1. The van der Waals surface area contributed by atoms with Crippen molar-refractivity contribution in [3.05, 3.63) is 24.3 Å². The monoisotopic (exact) mass is 248 g/mol. The number of piperidine rings is 1. The molecule has 2 N–H and O–H groups in total. The van der Waals surface area contributed by atoms with Gasteiger partial charge < -0.3 is 15.4 Å². The lowest BCUT2D eigenvalue weighted by molar-refractivity contribution is -0.148. The van der Waals surface area contributed by atoms with Gasteiger partial charge in [-0.1, -0.05) is 0 Å². The summed E-state index contributed by atoms with van der Waals surface area (Å²) in [7, 11) is 0. The van der Waals surface area contributed by atoms with Crippen LogP contribution in [0.3, 0.4) is 0 Å². The minimum absolute atomic E-state index is 0.00347. The normalized spacial score (nSPS) is 19.6. The molecule has 4 nitrogen and oxygen atoms in total. The molecule has 1 atom stereocenters. The first-order valence-electron chi connectivity index (χ1n) is 6.48. The molecule has 1 aromatic rings. The summed E-state index contributed by atoms with van der Waals surface area (Å²) in [6.45, 7) is 4.03. The van der Waals surface area contributed by atoms with Crippen molar-refractivity contribution in [1.82, 2.24) is 0 Å². The van der Waals surface area contributed by atoms with E-state index in [1.165, 1.54) is 0 Å². The molecule has 1 fully saturated rings. The van der Waals surface area contributed by atoms with Crippen molar-refractivity contribution in [2.24, 2.45) is 5.92 Å². The van der Waals surface area contributed by atoms with Gasteiger partial charge in [0.2, 0.25) is 0 Å². The van der Waals surface area contributed by atoms with Crippen molar-refractivity contribution in [1.29, 1.82) is 0 Å². The Bertz CT molecular complexity index is 403. The van der Waals surface area contributed by atoms with Crippen molar-refractivity contribution in [2.45, 2.75) is 19.8 Å². The van der Waals surface area contributed by atoms with Crippen molar-refractivity contribution >= 4 is 17.3 Å². The number of nitrogens with two attached hydrogens (primary N) is 1. The predicted octanol–water partition coefficient (Wildman–Crippen LogP) is 2.05. The fraction of sp³-hybridized carbons (Fsp3) is 0.500. The van der Waals surface area contributed by atoms with Crippen molar-refractivity contribution in [2.75, 3.05) is 30.3 Å². The van der Waals surface area contributed by atoms with Gasteiger partial charge in [0, 0.05) is 24.5 Å². The Balaban J connectivity index is 2.02. The largest absolute Gasteiger partial charge is 0.466 e. The van der Waals surface area contributed by atoms with Crippen molar-refractivity contribution in [3.63, 3.8) is 0 Å². The maximum Gasteiger partial charge on any atom is 0.310 e. The van der Waals surface area contributed by atoms with Crippen LogP contribution in [0, 0.1) is 5.92 Å². The van der Waals surface area contributed by atoms with Crippen LogP contribution >= 0.6 is 0 Å². The Morgan fingerprint density at radius 1 is 1.44 bits per heavy atom. The molecule has 1 saturated heterocycles. The Kier molecular flexibility index (Phi) is 4.07. The summed E-state index contributed by atoms with van der Waals surface area (Å²) >= 11 is 0. The van der Waals surface area contributed by atoms with E-state index >= 15 is 0 Å². The third kappa shape index (κ3) is 2.94. The standard InChI is InChI=1S/C14H20N2O2/c1-2-18-14(17)11-4-3-9-16(10-11)13-7-5-12(15)6-8-13/h5-8,11H,2-4,9-10,15H2,1H3/t11-/m1/s1. The zero-order chi connectivity index (χ0) is 13.0. The van der Waals surface area contributed by atoms with Crippen LogP contribution in [0.15, 0.2) is 24.3 Å². The van der Waals surface area contributed by atoms with Crippen LogP contribution < -0.4 is 10.6 Å². The summed E-state index contributed by atoms with van der Waals surface area (Å²) in [5.74, 6) is -0.0751. The highest BCUT2D eigenvalue weighted by Gasteiger charge is 2.26. The fourth-order valence-corrected chi connectivity index (χ4v) is 2.35. The molecular formula is C14H20N2O2. The molecule has 18 heavy (non-hydrogen) atoms. The average Bonchev–Trinajstić information content (AvgIpc) is 2.40. The fourth-order valence-electron chi connectivity index (χ4n) is 2.35. The summed E-state index contributed by atoms with van der Waals surface area (Å²) in [6, 6.07) is 7.79. The number of hydrogen-bond acceptors (Lipinski definition) is 4. The minimum Gasteiger partial charge on any atom is -0.466 e. The number of benzene rings is 1. The molecule has 0 bridgehead atoms. The highest BCUT2D eigenvalue weighted by Crippen LogP contribution is 2.24. The number of carbonyl (C=O) groups is 1. The second-order valence-electron chi connectivity index (χ2n) is 4.63. The molecule has 1 aromatic carbocycles. The SMILES string of the molecule is CCOC(=O)[C@@H]1CCCN(c2ccc(N)cc2)C1. The summed E-state index contributed by atoms with van der Waals surface area (Å²) in [5.41, 5.74) is 7.56. The first-order chi connectivity index (χ1) is 8.70. The van der Waals surface area contributed by atoms with Gasteiger partial charge in [-0.2, -0.15) is 0 Å². The van der Waals surface area contributed by atoms with Gasteiger partial charge in [-0.15, -0.1) is 0 Å². The molecule has 1 aliphatic rings. The summed E-state index contributed by atoms with van der Waals surface area (Å²) < 4.78 is 5.10. The van der Waals surface area contributed by atoms with Gasteiger partial charge >= 0.3 is 5.97 Å². The van der Waals surface area contributed by atoms with Crippen LogP contribution in [0.25, 0.3) is 0 Å². The Morgan fingerprint density at radius 2 is 2.17 bits per heavy atom. The van der Waals surface area contributed by atoms with E-state index in [4.69, 9.17) is 10.5 Å². The van der Waals surface area contributed by atoms with Crippen LogP contribution in [0.5, 0.6) is 0 Å². The molecule has 0 amide bonds. The van der Waals surface area contributed by atoms with Gasteiger partial charge in [-0.3, -0.25) is 4.79 Å². The van der Waals surface area contributed by atoms with Crippen molar-refractivity contribution < 1.29 is 9.53 Å². The van der Waals surface area contributed by atoms with Crippen LogP contribution in [-0.2, 0) is 9.53 Å². The third-order valence-electron chi connectivity index (χ3n) is 3.30. The second-order valence-corrected chi connectivity index (χ2v) is 4.63. The summed E-state index contributed by atoms with van der Waals surface area (Å²) in [4.78, 5) is 14.0. The molecule has 1 heterocycles.